The fourth-order valence-electron chi connectivity index (χ4n) is 3.41. The van der Waals surface area contributed by atoms with Crippen LogP contribution in [-0.2, 0) is 28.2 Å². The van der Waals surface area contributed by atoms with Crippen LogP contribution in [0, 0.1) is 9.54 Å². The first-order chi connectivity index (χ1) is 13.2. The van der Waals surface area contributed by atoms with Crippen LogP contribution < -0.4 is 0 Å². The van der Waals surface area contributed by atoms with Crippen molar-refractivity contribution in [1.82, 2.24) is 18.3 Å². The van der Waals surface area contributed by atoms with Crippen molar-refractivity contribution in [3.63, 3.8) is 0 Å². The van der Waals surface area contributed by atoms with Crippen LogP contribution in [-0.4, -0.2) is 18.3 Å². The molecule has 0 spiro atoms. The first-order valence-corrected chi connectivity index (χ1v) is 12.4. The molecule has 0 fully saturated rings. The number of hydrogen-bond acceptors (Lipinski definition) is 4. The summed E-state index contributed by atoms with van der Waals surface area (Å²) >= 11 is 11.3. The smallest absolute Gasteiger partial charge is 0.180 e. The maximum absolute atomic E-state index is 5.65. The Hall–Kier alpha value is -0.960. The maximum atomic E-state index is 5.65. The highest BCUT2D eigenvalue weighted by Gasteiger charge is 2.21. The normalized spacial score (nSPS) is 12.9. The predicted octanol–water partition coefficient (Wildman–Crippen LogP) is 6.93. The van der Waals surface area contributed by atoms with E-state index < -0.39 is 0 Å². The number of nitrogens with zero attached hydrogens (tertiary/aromatic N) is 4. The lowest BCUT2D eigenvalue weighted by Crippen LogP contribution is -1.97. The number of rotatable bonds is 7. The van der Waals surface area contributed by atoms with E-state index in [1.54, 1.807) is 21.6 Å². The van der Waals surface area contributed by atoms with Gasteiger partial charge in [0.15, 0.2) is 9.54 Å². The summed E-state index contributed by atoms with van der Waals surface area (Å²) in [6.07, 6.45) is 6.31. The first-order valence-electron chi connectivity index (χ1n) is 9.41. The largest absolute Gasteiger partial charge is 0.319 e. The molecule has 0 aromatic carbocycles. The molecule has 0 N–H and O–H groups in total. The topological polar surface area (TPSA) is 19.7 Å². The minimum atomic E-state index is 0.829. The van der Waals surface area contributed by atoms with Crippen LogP contribution in [0.2, 0.25) is 0 Å². The van der Waals surface area contributed by atoms with Gasteiger partial charge >= 0.3 is 0 Å². The summed E-state index contributed by atoms with van der Waals surface area (Å²) in [6.45, 7) is 8.56. The van der Waals surface area contributed by atoms with Crippen molar-refractivity contribution in [2.24, 2.45) is 28.2 Å². The summed E-state index contributed by atoms with van der Waals surface area (Å²) in [5.74, 6) is 0. The second-order valence-electron chi connectivity index (χ2n) is 6.61. The minimum Gasteiger partial charge on any atom is -0.319 e. The van der Waals surface area contributed by atoms with E-state index >= 15 is 0 Å². The molecule has 0 aliphatic heterocycles. The van der Waals surface area contributed by atoms with Crippen molar-refractivity contribution in [2.75, 3.05) is 0 Å². The molecule has 2 aromatic rings. The lowest BCUT2D eigenvalue weighted by atomic mass is 10.1. The van der Waals surface area contributed by atoms with Gasteiger partial charge in [0.05, 0.1) is 11.4 Å². The first kappa shape index (κ1) is 23.3. The number of imidazole rings is 2. The summed E-state index contributed by atoms with van der Waals surface area (Å²) < 4.78 is 10.1. The highest BCUT2D eigenvalue weighted by molar-refractivity contribution is 8.76. The zero-order valence-corrected chi connectivity index (χ0v) is 21.3. The molecule has 0 saturated carbocycles. The summed E-state index contributed by atoms with van der Waals surface area (Å²) in [6, 6.07) is 0. The molecule has 28 heavy (non-hydrogen) atoms. The lowest BCUT2D eigenvalue weighted by molar-refractivity contribution is 0.778. The summed E-state index contributed by atoms with van der Waals surface area (Å²) in [5, 5.41) is 2.35. The van der Waals surface area contributed by atoms with E-state index in [1.165, 1.54) is 32.6 Å². The van der Waals surface area contributed by atoms with Gasteiger partial charge in [0, 0.05) is 28.2 Å². The number of hydrogen-bond donors (Lipinski definition) is 0. The molecule has 0 saturated heterocycles. The van der Waals surface area contributed by atoms with E-state index in [0.29, 0.717) is 0 Å². The molecule has 0 bridgehead atoms. The molecule has 0 radical (unpaired) electrons. The van der Waals surface area contributed by atoms with E-state index in [0.717, 1.165) is 22.4 Å². The highest BCUT2D eigenvalue weighted by atomic mass is 33.1. The van der Waals surface area contributed by atoms with Gasteiger partial charge in [-0.2, -0.15) is 0 Å². The van der Waals surface area contributed by atoms with Crippen molar-refractivity contribution < 1.29 is 0 Å². The van der Waals surface area contributed by atoms with Crippen LogP contribution >= 0.6 is 46.0 Å². The van der Waals surface area contributed by atoms with E-state index in [2.05, 4.69) is 72.2 Å². The third-order valence-corrected chi connectivity index (χ3v) is 8.73. The van der Waals surface area contributed by atoms with Crippen LogP contribution in [0.5, 0.6) is 0 Å². The van der Waals surface area contributed by atoms with Crippen LogP contribution in [0.4, 0.5) is 0 Å². The molecule has 154 valence electrons. The van der Waals surface area contributed by atoms with Gasteiger partial charge in [-0.05, 0) is 83.9 Å². The number of allylic oxidation sites excluding steroid dienone is 4. The Bertz CT molecular complexity index is 960. The van der Waals surface area contributed by atoms with Gasteiger partial charge in [-0.3, -0.25) is 0 Å². The molecule has 0 unspecified atom stereocenters. The van der Waals surface area contributed by atoms with E-state index in [9.17, 15) is 0 Å². The van der Waals surface area contributed by atoms with E-state index in [4.69, 9.17) is 24.4 Å². The molecule has 0 amide bonds. The van der Waals surface area contributed by atoms with Crippen molar-refractivity contribution in [3.05, 3.63) is 33.1 Å². The van der Waals surface area contributed by atoms with Gasteiger partial charge in [-0.15, -0.1) is 0 Å². The third-order valence-electron chi connectivity index (χ3n) is 5.10. The van der Waals surface area contributed by atoms with Crippen molar-refractivity contribution in [2.45, 2.75) is 50.6 Å². The fourth-order valence-corrected chi connectivity index (χ4v) is 6.76. The Morgan fingerprint density at radius 3 is 1.29 bits per heavy atom. The Kier molecular flexibility index (Phi) is 8.07. The van der Waals surface area contributed by atoms with Gasteiger partial charge in [0.1, 0.15) is 10.1 Å². The molecule has 2 aromatic heterocycles. The Morgan fingerprint density at radius 2 is 1.04 bits per heavy atom. The van der Waals surface area contributed by atoms with Crippen molar-refractivity contribution >= 4 is 57.2 Å². The molecular weight excluding hydrogens is 425 g/mol. The molecular formula is C20H30N4S4. The third kappa shape index (κ3) is 4.01. The Morgan fingerprint density at radius 1 is 0.714 bits per heavy atom. The second-order valence-corrected chi connectivity index (χ2v) is 9.45. The van der Waals surface area contributed by atoms with E-state index in [1.807, 2.05) is 14.1 Å². The molecule has 2 heterocycles. The average Bonchev–Trinajstić information content (AvgIpc) is 3.03. The molecule has 0 aliphatic carbocycles. The SMILES string of the molecule is C/C=C(/CC)c1c(SSc2c(/C(=C/C)CC)n(C)c(=S)n2C)n(C)c(=S)n1C. The number of aromatic nitrogens is 4. The summed E-state index contributed by atoms with van der Waals surface area (Å²) in [7, 11) is 11.7. The summed E-state index contributed by atoms with van der Waals surface area (Å²) in [5.41, 5.74) is 5.02. The Balaban J connectivity index is 2.58. The van der Waals surface area contributed by atoms with Crippen LogP contribution in [0.3, 0.4) is 0 Å². The van der Waals surface area contributed by atoms with Crippen molar-refractivity contribution in [3.8, 4) is 0 Å². The molecule has 0 atom stereocenters. The zero-order chi connectivity index (χ0) is 21.2. The standard InChI is InChI=1S/C20H30N4S4/c1-9-13(10-2)15-17(23(7)19(25)21(15)5)27-28-18-16(14(11-3)12-4)22(6)20(26)24(18)8/h9,11H,10,12H2,1-8H3/b13-9-,14-11+. The predicted molar refractivity (Wildman–Crippen MR) is 130 cm³/mol. The van der Waals surface area contributed by atoms with Crippen LogP contribution in [0.1, 0.15) is 51.9 Å². The van der Waals surface area contributed by atoms with Crippen LogP contribution in [0.25, 0.3) is 11.1 Å². The minimum absolute atomic E-state index is 0.829. The van der Waals surface area contributed by atoms with Gasteiger partial charge in [-0.1, -0.05) is 26.0 Å². The average molecular weight is 455 g/mol. The highest BCUT2D eigenvalue weighted by Crippen LogP contribution is 2.44. The summed E-state index contributed by atoms with van der Waals surface area (Å²) in [4.78, 5) is 0. The maximum Gasteiger partial charge on any atom is 0.180 e. The van der Waals surface area contributed by atoms with Gasteiger partial charge < -0.3 is 18.3 Å². The van der Waals surface area contributed by atoms with Gasteiger partial charge in [0.2, 0.25) is 0 Å². The molecule has 8 heteroatoms. The molecule has 0 aliphatic rings. The van der Waals surface area contributed by atoms with Gasteiger partial charge in [-0.25, -0.2) is 0 Å². The lowest BCUT2D eigenvalue weighted by Gasteiger charge is -2.12. The van der Waals surface area contributed by atoms with Gasteiger partial charge in [0.25, 0.3) is 0 Å². The Labute approximate surface area is 186 Å². The zero-order valence-electron chi connectivity index (χ0n) is 18.0. The fraction of sp³-hybridized carbons (Fsp3) is 0.500. The van der Waals surface area contributed by atoms with Crippen molar-refractivity contribution in [1.29, 1.82) is 0 Å². The molecule has 2 rings (SSSR count). The molecule has 4 nitrogen and oxygen atoms in total. The van der Waals surface area contributed by atoms with Crippen LogP contribution in [0.15, 0.2) is 22.2 Å². The van der Waals surface area contributed by atoms with E-state index in [-0.39, 0.29) is 0 Å². The monoisotopic (exact) mass is 454 g/mol. The quantitative estimate of drug-likeness (QED) is 0.334. The second kappa shape index (κ2) is 9.69.